The van der Waals surface area contributed by atoms with Crippen LogP contribution in [0.5, 0.6) is 5.75 Å². The molecule has 6 heteroatoms. The molecule has 0 unspecified atom stereocenters. The third-order valence-electron chi connectivity index (χ3n) is 1.74. The summed E-state index contributed by atoms with van der Waals surface area (Å²) in [6, 6.07) is 0. The van der Waals surface area contributed by atoms with Gasteiger partial charge in [-0.2, -0.15) is 17.9 Å². The van der Waals surface area contributed by atoms with Gasteiger partial charge < -0.3 is 9.94 Å². The zero-order valence-electron chi connectivity index (χ0n) is 8.26. The number of aromatic nitrogens is 1. The minimum Gasteiger partial charge on any atom is -0.619 e. The van der Waals surface area contributed by atoms with Gasteiger partial charge in [-0.1, -0.05) is 0 Å². The van der Waals surface area contributed by atoms with Crippen molar-refractivity contribution in [2.24, 2.45) is 0 Å². The highest BCUT2D eigenvalue weighted by atomic mass is 19.4. The Morgan fingerprint density at radius 2 is 1.73 bits per heavy atom. The second-order valence-corrected chi connectivity index (χ2v) is 3.22. The summed E-state index contributed by atoms with van der Waals surface area (Å²) in [7, 11) is 0. The lowest BCUT2D eigenvalue weighted by atomic mass is 10.2. The number of halogens is 3. The molecule has 0 aromatic carbocycles. The maximum atomic E-state index is 11.9. The standard InChI is InChI=1S/C9H10F3NO2/c1-6-3-13(14)4-7(2)8(6)15-5-9(10,11)12/h3-4H,5H2,1-2H3. The van der Waals surface area contributed by atoms with Crippen LogP contribution >= 0.6 is 0 Å². The molecule has 1 heterocycles. The predicted octanol–water partition coefficient (Wildman–Crippen LogP) is 1.88. The number of aryl methyl sites for hydroxylation is 2. The molecule has 3 nitrogen and oxygen atoms in total. The van der Waals surface area contributed by atoms with E-state index in [4.69, 9.17) is 0 Å². The molecule has 0 N–H and O–H groups in total. The van der Waals surface area contributed by atoms with E-state index >= 15 is 0 Å². The van der Waals surface area contributed by atoms with Gasteiger partial charge in [-0.05, 0) is 13.8 Å². The number of nitrogens with zero attached hydrogens (tertiary/aromatic N) is 1. The summed E-state index contributed by atoms with van der Waals surface area (Å²) in [6.07, 6.45) is -2.04. The van der Waals surface area contributed by atoms with E-state index in [1.807, 2.05) is 0 Å². The van der Waals surface area contributed by atoms with Crippen molar-refractivity contribution in [2.45, 2.75) is 20.0 Å². The Balaban J connectivity index is 2.86. The molecule has 1 aromatic heterocycles. The van der Waals surface area contributed by atoms with E-state index in [2.05, 4.69) is 4.74 Å². The zero-order chi connectivity index (χ0) is 11.6. The van der Waals surface area contributed by atoms with Crippen molar-refractivity contribution in [3.63, 3.8) is 0 Å². The predicted molar refractivity (Wildman–Crippen MR) is 46.4 cm³/mol. The number of hydrogen-bond donors (Lipinski definition) is 0. The number of rotatable bonds is 2. The molecule has 1 aromatic rings. The monoisotopic (exact) mass is 221 g/mol. The Morgan fingerprint density at radius 3 is 2.13 bits per heavy atom. The van der Waals surface area contributed by atoms with Gasteiger partial charge in [0.25, 0.3) is 0 Å². The van der Waals surface area contributed by atoms with E-state index in [1.165, 1.54) is 26.2 Å². The van der Waals surface area contributed by atoms with Crippen LogP contribution in [0.15, 0.2) is 12.4 Å². The number of hydrogen-bond acceptors (Lipinski definition) is 2. The Labute approximate surface area is 84.7 Å². The van der Waals surface area contributed by atoms with E-state index in [0.29, 0.717) is 15.9 Å². The van der Waals surface area contributed by atoms with Crippen molar-refractivity contribution < 1.29 is 22.6 Å². The fourth-order valence-electron chi connectivity index (χ4n) is 1.23. The van der Waals surface area contributed by atoms with Crippen molar-refractivity contribution in [3.05, 3.63) is 28.7 Å². The van der Waals surface area contributed by atoms with Gasteiger partial charge in [0, 0.05) is 0 Å². The second kappa shape index (κ2) is 3.96. The Bertz CT molecular complexity index is 340. The highest BCUT2D eigenvalue weighted by molar-refractivity contribution is 5.35. The van der Waals surface area contributed by atoms with Crippen LogP contribution in [0.2, 0.25) is 0 Å². The lowest BCUT2D eigenvalue weighted by molar-refractivity contribution is -0.606. The molecule has 84 valence electrons. The topological polar surface area (TPSA) is 36.2 Å². The van der Waals surface area contributed by atoms with E-state index in [9.17, 15) is 18.4 Å². The fraction of sp³-hybridized carbons (Fsp3) is 0.444. The van der Waals surface area contributed by atoms with Gasteiger partial charge in [0.1, 0.15) is 5.75 Å². The third-order valence-corrected chi connectivity index (χ3v) is 1.74. The van der Waals surface area contributed by atoms with Crippen molar-refractivity contribution >= 4 is 0 Å². The first kappa shape index (κ1) is 11.6. The largest absolute Gasteiger partial charge is 0.619 e. The molecule has 0 radical (unpaired) electrons. The average Bonchev–Trinajstić information content (AvgIpc) is 1.99. The maximum absolute atomic E-state index is 11.9. The van der Waals surface area contributed by atoms with Crippen LogP contribution in [0.1, 0.15) is 11.1 Å². The SMILES string of the molecule is Cc1c[n+]([O-])cc(C)c1OCC(F)(F)F. The third kappa shape index (κ3) is 3.30. The first-order chi connectivity index (χ1) is 6.79. The first-order valence-electron chi connectivity index (χ1n) is 4.19. The van der Waals surface area contributed by atoms with Crippen LogP contribution < -0.4 is 9.47 Å². The van der Waals surface area contributed by atoms with Crippen LogP contribution in [-0.2, 0) is 0 Å². The van der Waals surface area contributed by atoms with Crippen LogP contribution in [0.3, 0.4) is 0 Å². The first-order valence-corrected chi connectivity index (χ1v) is 4.19. The van der Waals surface area contributed by atoms with Crippen molar-refractivity contribution in [3.8, 4) is 5.75 Å². The zero-order valence-corrected chi connectivity index (χ0v) is 8.26. The van der Waals surface area contributed by atoms with Crippen LogP contribution in [0.4, 0.5) is 13.2 Å². The van der Waals surface area contributed by atoms with Crippen LogP contribution in [0.25, 0.3) is 0 Å². The van der Waals surface area contributed by atoms with E-state index in [1.54, 1.807) is 0 Å². The van der Waals surface area contributed by atoms with Crippen LogP contribution in [-0.4, -0.2) is 12.8 Å². The van der Waals surface area contributed by atoms with Gasteiger partial charge in [0.15, 0.2) is 19.0 Å². The summed E-state index contributed by atoms with van der Waals surface area (Å²) < 4.78 is 40.8. The van der Waals surface area contributed by atoms with Crippen molar-refractivity contribution in [1.82, 2.24) is 0 Å². The van der Waals surface area contributed by atoms with Crippen LogP contribution in [0, 0.1) is 19.1 Å². The van der Waals surface area contributed by atoms with Gasteiger partial charge in [0.2, 0.25) is 0 Å². The molecular weight excluding hydrogens is 211 g/mol. The molecule has 0 atom stereocenters. The smallest absolute Gasteiger partial charge is 0.422 e. The lowest BCUT2D eigenvalue weighted by Crippen LogP contribution is -2.27. The molecule has 0 fully saturated rings. The number of alkyl halides is 3. The summed E-state index contributed by atoms with van der Waals surface area (Å²) in [5.41, 5.74) is 0.767. The molecule has 0 bridgehead atoms. The summed E-state index contributed by atoms with van der Waals surface area (Å²) in [6.45, 7) is 1.69. The van der Waals surface area contributed by atoms with Crippen molar-refractivity contribution in [1.29, 1.82) is 0 Å². The highest BCUT2D eigenvalue weighted by Crippen LogP contribution is 2.23. The molecule has 0 amide bonds. The summed E-state index contributed by atoms with van der Waals surface area (Å²) in [5.74, 6) is 0.111. The molecule has 1 rings (SSSR count). The summed E-state index contributed by atoms with van der Waals surface area (Å²) in [5, 5.41) is 10.9. The molecule has 15 heavy (non-hydrogen) atoms. The quantitative estimate of drug-likeness (QED) is 0.564. The molecule has 0 aliphatic rings. The van der Waals surface area contributed by atoms with E-state index in [-0.39, 0.29) is 5.75 Å². The molecule has 0 aliphatic carbocycles. The molecule has 0 spiro atoms. The summed E-state index contributed by atoms with van der Waals surface area (Å²) in [4.78, 5) is 0. The van der Waals surface area contributed by atoms with E-state index < -0.39 is 12.8 Å². The maximum Gasteiger partial charge on any atom is 0.422 e. The lowest BCUT2D eigenvalue weighted by Gasteiger charge is -2.12. The normalized spacial score (nSPS) is 11.5. The van der Waals surface area contributed by atoms with Crippen molar-refractivity contribution in [2.75, 3.05) is 6.61 Å². The Morgan fingerprint density at radius 1 is 1.27 bits per heavy atom. The number of pyridine rings is 1. The van der Waals surface area contributed by atoms with Gasteiger partial charge in [-0.25, -0.2) is 0 Å². The fourth-order valence-corrected chi connectivity index (χ4v) is 1.23. The Hall–Kier alpha value is -1.46. The minimum absolute atomic E-state index is 0.111. The minimum atomic E-state index is -4.37. The molecule has 0 aliphatic heterocycles. The Kier molecular flexibility index (Phi) is 3.06. The van der Waals surface area contributed by atoms with E-state index in [0.717, 1.165) is 0 Å². The second-order valence-electron chi connectivity index (χ2n) is 3.22. The van der Waals surface area contributed by atoms with Gasteiger partial charge >= 0.3 is 6.18 Å². The molecule has 0 saturated heterocycles. The van der Waals surface area contributed by atoms with Gasteiger partial charge in [0.05, 0.1) is 11.1 Å². The average molecular weight is 221 g/mol. The molecule has 0 saturated carbocycles. The molecular formula is C9H10F3NO2. The van der Waals surface area contributed by atoms with Gasteiger partial charge in [-0.3, -0.25) is 0 Å². The van der Waals surface area contributed by atoms with Gasteiger partial charge in [-0.15, -0.1) is 0 Å². The summed E-state index contributed by atoms with van der Waals surface area (Å²) >= 11 is 0. The highest BCUT2D eigenvalue weighted by Gasteiger charge is 2.29. The number of ether oxygens (including phenoxy) is 1.